The maximum atomic E-state index is 12.4. The summed E-state index contributed by atoms with van der Waals surface area (Å²) in [5, 5.41) is 0. The first-order chi connectivity index (χ1) is 9.37. The van der Waals surface area contributed by atoms with Crippen LogP contribution in [0.1, 0.15) is 31.4 Å². The van der Waals surface area contributed by atoms with Gasteiger partial charge in [-0.3, -0.25) is 4.79 Å². The highest BCUT2D eigenvalue weighted by atomic mass is 16.8. The van der Waals surface area contributed by atoms with Crippen molar-refractivity contribution in [3.63, 3.8) is 0 Å². The smallest absolute Gasteiger partial charge is 0.192 e. The van der Waals surface area contributed by atoms with E-state index in [2.05, 4.69) is 0 Å². The lowest BCUT2D eigenvalue weighted by molar-refractivity contribution is -0.156. The zero-order chi connectivity index (χ0) is 14.5. The van der Waals surface area contributed by atoms with Gasteiger partial charge in [0.25, 0.3) is 0 Å². The molecule has 0 unspecified atom stereocenters. The van der Waals surface area contributed by atoms with Crippen molar-refractivity contribution >= 4 is 11.5 Å². The van der Waals surface area contributed by atoms with Crippen LogP contribution in [0.2, 0.25) is 0 Å². The third-order valence-electron chi connectivity index (χ3n) is 3.83. The van der Waals surface area contributed by atoms with E-state index in [0.717, 1.165) is 11.1 Å². The number of ketones is 1. The van der Waals surface area contributed by atoms with Gasteiger partial charge in [-0.15, -0.1) is 0 Å². The Morgan fingerprint density at radius 1 is 1.25 bits per heavy atom. The fourth-order valence-electron chi connectivity index (χ4n) is 2.83. The molecule has 0 amide bonds. The van der Waals surface area contributed by atoms with Gasteiger partial charge in [0.05, 0.1) is 6.10 Å². The first-order valence-electron chi connectivity index (χ1n) is 6.83. The molecule has 3 rings (SSSR count). The summed E-state index contributed by atoms with van der Waals surface area (Å²) < 4.78 is 11.4. The van der Waals surface area contributed by atoms with E-state index in [1.165, 1.54) is 0 Å². The summed E-state index contributed by atoms with van der Waals surface area (Å²) in [6.45, 7) is 5.67. The molecule has 1 aromatic carbocycles. The largest absolute Gasteiger partial charge is 0.398 e. The molecule has 2 N–H and O–H groups in total. The molecule has 106 valence electrons. The van der Waals surface area contributed by atoms with Crippen molar-refractivity contribution < 1.29 is 14.3 Å². The van der Waals surface area contributed by atoms with Gasteiger partial charge in [0.1, 0.15) is 6.10 Å². The molecule has 2 atom stereocenters. The van der Waals surface area contributed by atoms with E-state index in [1.807, 2.05) is 45.0 Å². The van der Waals surface area contributed by atoms with Crippen molar-refractivity contribution in [2.45, 2.75) is 45.2 Å². The van der Waals surface area contributed by atoms with Crippen molar-refractivity contribution in [3.8, 4) is 0 Å². The number of hydrogen-bond donors (Lipinski definition) is 1. The molecular weight excluding hydrogens is 254 g/mol. The van der Waals surface area contributed by atoms with Gasteiger partial charge in [0, 0.05) is 17.7 Å². The first-order valence-corrected chi connectivity index (χ1v) is 6.83. The van der Waals surface area contributed by atoms with Crippen LogP contribution in [0.25, 0.3) is 5.70 Å². The van der Waals surface area contributed by atoms with E-state index in [9.17, 15) is 4.79 Å². The van der Waals surface area contributed by atoms with Crippen LogP contribution in [0.3, 0.4) is 0 Å². The third-order valence-corrected chi connectivity index (χ3v) is 3.83. The number of ether oxygens (including phenoxy) is 2. The van der Waals surface area contributed by atoms with Crippen LogP contribution in [0, 0.1) is 6.92 Å². The molecule has 1 saturated heterocycles. The van der Waals surface area contributed by atoms with Crippen molar-refractivity contribution in [2.75, 3.05) is 0 Å². The van der Waals surface area contributed by atoms with Crippen LogP contribution in [0.4, 0.5) is 0 Å². The normalized spacial score (nSPS) is 30.4. The van der Waals surface area contributed by atoms with Crippen molar-refractivity contribution in [1.82, 2.24) is 0 Å². The SMILES string of the molecule is Cc1ccc(/C(N)=C2\C[C@@H]3OC(C)(C)O[C@@H]3C2=O)cc1. The van der Waals surface area contributed by atoms with Crippen LogP contribution in [-0.2, 0) is 14.3 Å². The molecule has 2 fully saturated rings. The Labute approximate surface area is 118 Å². The van der Waals surface area contributed by atoms with Crippen LogP contribution in [0.15, 0.2) is 29.8 Å². The number of carbonyl (C=O) groups is 1. The van der Waals surface area contributed by atoms with Gasteiger partial charge in [0.2, 0.25) is 0 Å². The third kappa shape index (κ3) is 2.15. The summed E-state index contributed by atoms with van der Waals surface area (Å²) in [5.41, 5.74) is 9.36. The average molecular weight is 273 g/mol. The molecule has 1 heterocycles. The number of carbonyl (C=O) groups excluding carboxylic acids is 1. The van der Waals surface area contributed by atoms with Gasteiger partial charge < -0.3 is 15.2 Å². The lowest BCUT2D eigenvalue weighted by Gasteiger charge is -2.18. The second-order valence-corrected chi connectivity index (χ2v) is 5.92. The Morgan fingerprint density at radius 3 is 2.50 bits per heavy atom. The molecule has 4 heteroatoms. The summed E-state index contributed by atoms with van der Waals surface area (Å²) >= 11 is 0. The number of nitrogens with two attached hydrogens (primary N) is 1. The quantitative estimate of drug-likeness (QED) is 0.796. The second kappa shape index (κ2) is 4.43. The van der Waals surface area contributed by atoms with Crippen LogP contribution < -0.4 is 5.73 Å². The predicted molar refractivity (Wildman–Crippen MR) is 75.7 cm³/mol. The highest BCUT2D eigenvalue weighted by Gasteiger charge is 2.51. The fraction of sp³-hybridized carbons (Fsp3) is 0.438. The minimum absolute atomic E-state index is 0.0429. The molecule has 0 aromatic heterocycles. The molecule has 20 heavy (non-hydrogen) atoms. The zero-order valence-corrected chi connectivity index (χ0v) is 12.0. The number of aryl methyl sites for hydroxylation is 1. The highest BCUT2D eigenvalue weighted by Crippen LogP contribution is 2.40. The summed E-state index contributed by atoms with van der Waals surface area (Å²) in [4.78, 5) is 12.4. The number of Topliss-reactive ketones (excluding diaryl/α,β-unsaturated/α-hetero) is 1. The Morgan fingerprint density at radius 2 is 1.90 bits per heavy atom. The predicted octanol–water partition coefficient (Wildman–Crippen LogP) is 2.16. The monoisotopic (exact) mass is 273 g/mol. The van der Waals surface area contributed by atoms with E-state index in [-0.39, 0.29) is 11.9 Å². The first kappa shape index (κ1) is 13.3. The van der Waals surface area contributed by atoms with Gasteiger partial charge >= 0.3 is 0 Å². The highest BCUT2D eigenvalue weighted by molar-refractivity contribution is 6.07. The average Bonchev–Trinajstić information content (AvgIpc) is 2.84. The Bertz CT molecular complexity index is 586. The molecule has 0 spiro atoms. The molecule has 1 aliphatic carbocycles. The minimum atomic E-state index is -0.685. The Kier molecular flexibility index (Phi) is 2.96. The maximum Gasteiger partial charge on any atom is 0.192 e. The van der Waals surface area contributed by atoms with Crippen molar-refractivity contribution in [1.29, 1.82) is 0 Å². The van der Waals surface area contributed by atoms with Crippen molar-refractivity contribution in [3.05, 3.63) is 41.0 Å². The van der Waals surface area contributed by atoms with E-state index < -0.39 is 11.9 Å². The second-order valence-electron chi connectivity index (χ2n) is 5.92. The van der Waals surface area contributed by atoms with Crippen molar-refractivity contribution in [2.24, 2.45) is 5.73 Å². The number of benzene rings is 1. The van der Waals surface area contributed by atoms with Crippen LogP contribution in [0.5, 0.6) is 0 Å². The fourth-order valence-corrected chi connectivity index (χ4v) is 2.83. The molecular formula is C16H19NO3. The lowest BCUT2D eigenvalue weighted by atomic mass is 10.0. The summed E-state index contributed by atoms with van der Waals surface area (Å²) in [6, 6.07) is 7.84. The number of rotatable bonds is 1. The van der Waals surface area contributed by atoms with Gasteiger partial charge in [-0.25, -0.2) is 0 Å². The topological polar surface area (TPSA) is 61.6 Å². The number of hydrogen-bond acceptors (Lipinski definition) is 4. The van der Waals surface area contributed by atoms with Crippen LogP contribution in [-0.4, -0.2) is 23.8 Å². The summed E-state index contributed by atoms with van der Waals surface area (Å²) in [6.07, 6.45) is -0.201. The molecule has 1 aliphatic heterocycles. The minimum Gasteiger partial charge on any atom is -0.398 e. The number of fused-ring (bicyclic) bond motifs is 1. The van der Waals surface area contributed by atoms with Gasteiger partial charge in [0.15, 0.2) is 11.6 Å². The molecule has 1 aromatic rings. The molecule has 0 radical (unpaired) electrons. The Balaban J connectivity index is 1.91. The molecule has 4 nitrogen and oxygen atoms in total. The van der Waals surface area contributed by atoms with E-state index >= 15 is 0 Å². The molecule has 1 saturated carbocycles. The van der Waals surface area contributed by atoms with E-state index in [0.29, 0.717) is 17.7 Å². The summed E-state index contributed by atoms with van der Waals surface area (Å²) in [7, 11) is 0. The van der Waals surface area contributed by atoms with E-state index in [4.69, 9.17) is 15.2 Å². The lowest BCUT2D eigenvalue weighted by Crippen LogP contribution is -2.26. The Hall–Kier alpha value is -1.65. The van der Waals surface area contributed by atoms with Crippen LogP contribution >= 0.6 is 0 Å². The summed E-state index contributed by atoms with van der Waals surface area (Å²) in [5.74, 6) is -0.728. The maximum absolute atomic E-state index is 12.4. The van der Waals surface area contributed by atoms with Gasteiger partial charge in [-0.05, 0) is 26.3 Å². The van der Waals surface area contributed by atoms with E-state index in [1.54, 1.807) is 0 Å². The zero-order valence-electron chi connectivity index (χ0n) is 12.0. The standard InChI is InChI=1S/C16H19NO3/c1-9-4-6-10(7-5-9)13(17)11-8-12-15(14(11)18)20-16(2,3)19-12/h4-7,12,15H,8,17H2,1-3H3/b13-11-/t12-,15-/m0/s1. The molecule has 2 aliphatic rings. The molecule has 0 bridgehead atoms. The van der Waals surface area contributed by atoms with Gasteiger partial charge in [-0.2, -0.15) is 0 Å². The van der Waals surface area contributed by atoms with Gasteiger partial charge in [-0.1, -0.05) is 29.8 Å².